The van der Waals surface area contributed by atoms with Gasteiger partial charge in [0, 0.05) is 6.20 Å². The van der Waals surface area contributed by atoms with Crippen molar-refractivity contribution in [2.24, 2.45) is 0 Å². The quantitative estimate of drug-likeness (QED) is 0.530. The van der Waals surface area contributed by atoms with Gasteiger partial charge in [-0.2, -0.15) is 0 Å². The van der Waals surface area contributed by atoms with Gasteiger partial charge in [0.1, 0.15) is 23.0 Å². The average molecular weight is 435 g/mol. The fraction of sp³-hybridized carbons (Fsp3) is 0.308. The molecule has 1 aromatic heterocycles. The molecule has 4 rings (SSSR count). The maximum atomic E-state index is 13.0. The molecule has 5 nitrogen and oxygen atoms in total. The molecule has 2 aromatic carbocycles. The molecule has 1 aliphatic heterocycles. The van der Waals surface area contributed by atoms with E-state index in [4.69, 9.17) is 4.74 Å². The van der Waals surface area contributed by atoms with E-state index in [0.29, 0.717) is 23.7 Å². The van der Waals surface area contributed by atoms with Gasteiger partial charge in [-0.1, -0.05) is 12.1 Å². The van der Waals surface area contributed by atoms with E-state index in [1.807, 2.05) is 36.4 Å². The number of nitrogens with one attached hydrogen (secondary N) is 1. The van der Waals surface area contributed by atoms with Crippen LogP contribution in [-0.4, -0.2) is 48.6 Å². The third kappa shape index (κ3) is 5.71. The molecule has 0 aliphatic carbocycles. The van der Waals surface area contributed by atoms with Gasteiger partial charge in [0.15, 0.2) is 0 Å². The van der Waals surface area contributed by atoms with E-state index in [1.54, 1.807) is 18.3 Å². The number of nitrogens with zero attached hydrogens (tertiary/aromatic N) is 2. The van der Waals surface area contributed by atoms with Gasteiger partial charge in [0.2, 0.25) is 0 Å². The summed E-state index contributed by atoms with van der Waals surface area (Å²) in [4.78, 5) is 16.9. The number of carbonyl (C=O) groups is 1. The predicted molar refractivity (Wildman–Crippen MR) is 123 cm³/mol. The Morgan fingerprint density at radius 3 is 2.31 bits per heavy atom. The number of likely N-dealkylation sites (N-methyl/N-ethyl adjacent to an activating group) is 1. The molecule has 32 heavy (non-hydrogen) atoms. The zero-order valence-corrected chi connectivity index (χ0v) is 18.4. The molecule has 0 radical (unpaired) electrons. The fourth-order valence-corrected chi connectivity index (χ4v) is 4.12. The van der Waals surface area contributed by atoms with E-state index in [9.17, 15) is 9.18 Å². The van der Waals surface area contributed by atoms with Crippen molar-refractivity contribution >= 4 is 5.91 Å². The molecule has 0 atom stereocenters. The molecule has 0 saturated carbocycles. The first-order chi connectivity index (χ1) is 15.5. The van der Waals surface area contributed by atoms with Gasteiger partial charge >= 0.3 is 0 Å². The van der Waals surface area contributed by atoms with Crippen molar-refractivity contribution in [1.29, 1.82) is 0 Å². The number of hydrogen-bond acceptors (Lipinski definition) is 3. The smallest absolute Gasteiger partial charge is 0.270 e. The number of carbonyl (C=O) groups excluding carboxylic acids is 1. The predicted octanol–water partition coefficient (Wildman–Crippen LogP) is 5.04. The number of aromatic nitrogens is 1. The molecule has 6 heteroatoms. The van der Waals surface area contributed by atoms with Crippen LogP contribution in [0.1, 0.15) is 29.8 Å². The number of amides is 1. The standard InChI is InChI=1S/C26H28FN3O2/c1-30(16-3-2-4-17-30)18-15-29-26(31)25-19-21(13-14-28-25)20-5-9-23(10-6-20)32-24-11-7-22(27)8-12-24/h5-14,19H,2-4,15-18H2,1H3/p+1. The molecular weight excluding hydrogens is 405 g/mol. The molecule has 0 unspecified atom stereocenters. The van der Waals surface area contributed by atoms with Crippen molar-refractivity contribution in [3.8, 4) is 22.6 Å². The van der Waals surface area contributed by atoms with Crippen molar-refractivity contribution in [1.82, 2.24) is 10.3 Å². The number of hydrogen-bond donors (Lipinski definition) is 1. The first-order valence-corrected chi connectivity index (χ1v) is 11.1. The molecular formula is C26H29FN3O2+. The van der Waals surface area contributed by atoms with Crippen LogP contribution >= 0.6 is 0 Å². The molecule has 3 aromatic rings. The van der Waals surface area contributed by atoms with Gasteiger partial charge in [0.05, 0.1) is 33.2 Å². The highest BCUT2D eigenvalue weighted by molar-refractivity contribution is 5.93. The summed E-state index contributed by atoms with van der Waals surface area (Å²) < 4.78 is 19.8. The Bertz CT molecular complexity index is 1050. The highest BCUT2D eigenvalue weighted by Gasteiger charge is 2.24. The number of pyridine rings is 1. The third-order valence-electron chi connectivity index (χ3n) is 6.06. The Kier molecular flexibility index (Phi) is 6.81. The van der Waals surface area contributed by atoms with Crippen LogP contribution in [0.2, 0.25) is 0 Å². The minimum absolute atomic E-state index is 0.147. The SMILES string of the molecule is C[N+]1(CCNC(=O)c2cc(-c3ccc(Oc4ccc(F)cc4)cc3)ccn2)CCCCC1. The van der Waals surface area contributed by atoms with E-state index in [1.165, 1.54) is 44.5 Å². The van der Waals surface area contributed by atoms with Crippen molar-refractivity contribution in [2.45, 2.75) is 19.3 Å². The van der Waals surface area contributed by atoms with Gasteiger partial charge in [-0.15, -0.1) is 0 Å². The summed E-state index contributed by atoms with van der Waals surface area (Å²) in [5.41, 5.74) is 2.28. The van der Waals surface area contributed by atoms with Crippen LogP contribution in [0.3, 0.4) is 0 Å². The van der Waals surface area contributed by atoms with E-state index in [-0.39, 0.29) is 11.7 Å². The maximum absolute atomic E-state index is 13.0. The molecule has 166 valence electrons. The number of ether oxygens (including phenoxy) is 1. The molecule has 1 N–H and O–H groups in total. The first-order valence-electron chi connectivity index (χ1n) is 11.1. The zero-order valence-electron chi connectivity index (χ0n) is 18.4. The Morgan fingerprint density at radius 1 is 0.969 bits per heavy atom. The maximum Gasteiger partial charge on any atom is 0.270 e. The number of likely N-dealkylation sites (tertiary alicyclic amines) is 1. The Morgan fingerprint density at radius 2 is 1.62 bits per heavy atom. The summed E-state index contributed by atoms with van der Waals surface area (Å²) in [7, 11) is 2.27. The van der Waals surface area contributed by atoms with Crippen molar-refractivity contribution in [3.63, 3.8) is 0 Å². The third-order valence-corrected chi connectivity index (χ3v) is 6.06. The summed E-state index contributed by atoms with van der Waals surface area (Å²) in [5.74, 6) is 0.781. The van der Waals surface area contributed by atoms with Crippen molar-refractivity contribution < 1.29 is 18.4 Å². The Hall–Kier alpha value is -3.25. The number of rotatable bonds is 7. The zero-order chi connectivity index (χ0) is 22.4. The van der Waals surface area contributed by atoms with Gasteiger partial charge in [-0.25, -0.2) is 4.39 Å². The second-order valence-corrected chi connectivity index (χ2v) is 8.62. The summed E-state index contributed by atoms with van der Waals surface area (Å²) in [6.45, 7) is 3.96. The minimum atomic E-state index is -0.299. The molecule has 1 amide bonds. The molecule has 0 spiro atoms. The van der Waals surface area contributed by atoms with E-state index < -0.39 is 0 Å². The lowest BCUT2D eigenvalue weighted by molar-refractivity contribution is -0.912. The van der Waals surface area contributed by atoms with E-state index in [2.05, 4.69) is 17.3 Å². The van der Waals surface area contributed by atoms with Crippen molar-refractivity contribution in [2.75, 3.05) is 33.2 Å². The van der Waals surface area contributed by atoms with Crippen LogP contribution in [0.5, 0.6) is 11.5 Å². The topological polar surface area (TPSA) is 51.2 Å². The largest absolute Gasteiger partial charge is 0.457 e. The van der Waals surface area contributed by atoms with Crippen LogP contribution < -0.4 is 10.1 Å². The van der Waals surface area contributed by atoms with Gasteiger partial charge in [-0.3, -0.25) is 9.78 Å². The van der Waals surface area contributed by atoms with Crippen LogP contribution in [-0.2, 0) is 0 Å². The second kappa shape index (κ2) is 9.92. The van der Waals surface area contributed by atoms with E-state index >= 15 is 0 Å². The number of quaternary nitrogens is 1. The van der Waals surface area contributed by atoms with Crippen molar-refractivity contribution in [3.05, 3.63) is 78.4 Å². The van der Waals surface area contributed by atoms with Crippen LogP contribution in [0.25, 0.3) is 11.1 Å². The molecule has 0 bridgehead atoms. The number of halogens is 1. The summed E-state index contributed by atoms with van der Waals surface area (Å²) in [5, 5.41) is 3.03. The fourth-order valence-electron chi connectivity index (χ4n) is 4.12. The first kappa shape index (κ1) is 22.0. The Balaban J connectivity index is 1.36. The van der Waals surface area contributed by atoms with Gasteiger partial charge in [-0.05, 0) is 78.9 Å². The monoisotopic (exact) mass is 434 g/mol. The summed E-state index contributed by atoms with van der Waals surface area (Å²) in [6.07, 6.45) is 5.51. The second-order valence-electron chi connectivity index (χ2n) is 8.62. The number of benzene rings is 2. The number of piperidine rings is 1. The van der Waals surface area contributed by atoms with E-state index in [0.717, 1.165) is 22.2 Å². The van der Waals surface area contributed by atoms with Gasteiger partial charge in [0.25, 0.3) is 5.91 Å². The lowest BCUT2D eigenvalue weighted by atomic mass is 10.1. The molecule has 2 heterocycles. The summed E-state index contributed by atoms with van der Waals surface area (Å²) >= 11 is 0. The summed E-state index contributed by atoms with van der Waals surface area (Å²) in [6, 6.07) is 17.1. The lowest BCUT2D eigenvalue weighted by Crippen LogP contribution is -2.51. The normalized spacial score (nSPS) is 15.2. The molecule has 1 aliphatic rings. The van der Waals surface area contributed by atoms with Crippen LogP contribution in [0.4, 0.5) is 4.39 Å². The van der Waals surface area contributed by atoms with Crippen LogP contribution in [0.15, 0.2) is 66.9 Å². The average Bonchev–Trinajstić information content (AvgIpc) is 2.81. The van der Waals surface area contributed by atoms with Crippen LogP contribution in [0, 0.1) is 5.82 Å². The van der Waals surface area contributed by atoms with Gasteiger partial charge < -0.3 is 14.5 Å². The molecule has 1 fully saturated rings. The lowest BCUT2D eigenvalue weighted by Gasteiger charge is -2.37. The molecule has 1 saturated heterocycles. The minimum Gasteiger partial charge on any atom is -0.457 e. The highest BCUT2D eigenvalue weighted by atomic mass is 19.1. The Labute approximate surface area is 188 Å². The highest BCUT2D eigenvalue weighted by Crippen LogP contribution is 2.26.